The average molecular weight is 755 g/mol. The quantitative estimate of drug-likeness (QED) is 0.176. The summed E-state index contributed by atoms with van der Waals surface area (Å²) in [6.45, 7) is 0. The van der Waals surface area contributed by atoms with Crippen LogP contribution in [0.25, 0.3) is 88.4 Å². The molecule has 0 N–H and O–H groups in total. The number of benzene rings is 8. The van der Waals surface area contributed by atoms with Crippen LogP contribution in [0.15, 0.2) is 176 Å². The summed E-state index contributed by atoms with van der Waals surface area (Å²) in [6, 6.07) is 59.3. The van der Waals surface area contributed by atoms with E-state index >= 15 is 13.2 Å². The molecular weight excluding hydrogens is 726 g/mol. The van der Waals surface area contributed by atoms with Gasteiger partial charge >= 0.3 is 6.18 Å². The highest BCUT2D eigenvalue weighted by Crippen LogP contribution is 2.45. The number of nitriles is 2. The fourth-order valence-corrected chi connectivity index (χ4v) is 8.42. The Morgan fingerprint density at radius 2 is 0.897 bits per heavy atom. The number of hydrogen-bond acceptors (Lipinski definition) is 2. The van der Waals surface area contributed by atoms with Gasteiger partial charge in [-0.1, -0.05) is 127 Å². The molecule has 10 aromatic rings. The number of fused-ring (bicyclic) bond motifs is 6. The number of para-hydroxylation sites is 2. The van der Waals surface area contributed by atoms with Crippen LogP contribution in [0.3, 0.4) is 0 Å². The highest BCUT2D eigenvalue weighted by Gasteiger charge is 2.35. The van der Waals surface area contributed by atoms with E-state index in [9.17, 15) is 10.5 Å². The van der Waals surface area contributed by atoms with E-state index in [-0.39, 0.29) is 22.3 Å². The summed E-state index contributed by atoms with van der Waals surface area (Å²) in [5.41, 5.74) is 7.24. The summed E-state index contributed by atoms with van der Waals surface area (Å²) < 4.78 is 49.7. The van der Waals surface area contributed by atoms with Crippen LogP contribution in [-0.2, 0) is 6.18 Å². The lowest BCUT2D eigenvalue weighted by Gasteiger charge is -2.21. The molecule has 0 aliphatic carbocycles. The van der Waals surface area contributed by atoms with Crippen molar-refractivity contribution in [2.75, 3.05) is 0 Å². The van der Waals surface area contributed by atoms with E-state index in [1.54, 1.807) is 12.1 Å². The highest BCUT2D eigenvalue weighted by atomic mass is 19.4. The maximum atomic E-state index is 15.2. The first-order valence-electron chi connectivity index (χ1n) is 18.7. The van der Waals surface area contributed by atoms with Crippen LogP contribution in [0.1, 0.15) is 16.7 Å². The van der Waals surface area contributed by atoms with E-state index in [1.165, 1.54) is 12.1 Å². The third kappa shape index (κ3) is 5.52. The molecule has 0 aliphatic rings. The molecule has 0 amide bonds. The summed E-state index contributed by atoms with van der Waals surface area (Å²) in [6.07, 6.45) is -4.80. The smallest absolute Gasteiger partial charge is 0.309 e. The number of alkyl halides is 3. The van der Waals surface area contributed by atoms with Gasteiger partial charge in [-0.2, -0.15) is 23.7 Å². The molecule has 0 saturated carbocycles. The van der Waals surface area contributed by atoms with Crippen molar-refractivity contribution >= 4 is 43.6 Å². The van der Waals surface area contributed by atoms with Crippen LogP contribution in [0.2, 0.25) is 0 Å². The number of aromatic nitrogens is 2. The van der Waals surface area contributed by atoms with Crippen LogP contribution >= 0.6 is 0 Å². The Kier molecular flexibility index (Phi) is 8.00. The van der Waals surface area contributed by atoms with Crippen molar-refractivity contribution < 1.29 is 13.2 Å². The molecule has 2 aromatic heterocycles. The van der Waals surface area contributed by atoms with Gasteiger partial charge in [0.15, 0.2) is 0 Å². The van der Waals surface area contributed by atoms with Gasteiger partial charge in [0.2, 0.25) is 0 Å². The Morgan fingerprint density at radius 1 is 0.397 bits per heavy atom. The topological polar surface area (TPSA) is 57.4 Å². The molecule has 0 bridgehead atoms. The average Bonchev–Trinajstić information content (AvgIpc) is 3.78. The van der Waals surface area contributed by atoms with Gasteiger partial charge in [-0.15, -0.1) is 0 Å². The van der Waals surface area contributed by atoms with Gasteiger partial charge in [-0.3, -0.25) is 0 Å². The monoisotopic (exact) mass is 754 g/mol. The first kappa shape index (κ1) is 34.6. The van der Waals surface area contributed by atoms with Crippen molar-refractivity contribution in [1.82, 2.24) is 9.13 Å². The fraction of sp³-hybridized carbons (Fsp3) is 0.0196. The van der Waals surface area contributed by atoms with E-state index in [0.29, 0.717) is 11.4 Å². The van der Waals surface area contributed by atoms with E-state index in [1.807, 2.05) is 137 Å². The van der Waals surface area contributed by atoms with E-state index < -0.39 is 11.7 Å². The van der Waals surface area contributed by atoms with E-state index in [2.05, 4.69) is 30.3 Å². The number of halogens is 3. The third-order valence-corrected chi connectivity index (χ3v) is 11.0. The summed E-state index contributed by atoms with van der Waals surface area (Å²) in [5, 5.41) is 24.5. The van der Waals surface area contributed by atoms with Gasteiger partial charge in [0.05, 0.1) is 56.2 Å². The number of hydrogen-bond donors (Lipinski definition) is 0. The lowest BCUT2D eigenvalue weighted by atomic mass is 9.93. The van der Waals surface area contributed by atoms with Crippen LogP contribution in [0.4, 0.5) is 13.2 Å². The molecule has 2 heterocycles. The zero-order chi connectivity index (χ0) is 39.5. The Balaban J connectivity index is 1.35. The van der Waals surface area contributed by atoms with Crippen molar-refractivity contribution in [3.05, 3.63) is 193 Å². The first-order chi connectivity index (χ1) is 28.3. The van der Waals surface area contributed by atoms with Crippen molar-refractivity contribution in [3.63, 3.8) is 0 Å². The molecule has 0 saturated heterocycles. The number of rotatable bonds is 5. The Labute approximate surface area is 331 Å². The second kappa shape index (κ2) is 13.4. The van der Waals surface area contributed by atoms with Crippen LogP contribution < -0.4 is 0 Å². The minimum atomic E-state index is -4.80. The Morgan fingerprint density at radius 3 is 1.41 bits per heavy atom. The summed E-state index contributed by atoms with van der Waals surface area (Å²) in [4.78, 5) is 0. The minimum absolute atomic E-state index is 0.105. The van der Waals surface area contributed by atoms with Crippen LogP contribution in [0, 0.1) is 22.7 Å². The van der Waals surface area contributed by atoms with Gasteiger partial charge in [-0.25, -0.2) is 0 Å². The third-order valence-electron chi connectivity index (χ3n) is 11.0. The standard InChI is InChI=1S/C51H29F3N4/c52-51(53,54)44-25-32(30-55)19-22-38(44)43-29-47(57-45-17-9-7-15-39(45)41-23-20-35(26-48(41)57)33-11-3-1-4-12-33)37(31-56)28-50(43)58-46-18-10-8-16-40(46)42-24-21-36(27-49(42)58)34-13-5-2-6-14-34/h1-29H. The lowest BCUT2D eigenvalue weighted by Crippen LogP contribution is -2.10. The van der Waals surface area contributed by atoms with Gasteiger partial charge in [0.25, 0.3) is 0 Å². The maximum Gasteiger partial charge on any atom is 0.417 e. The molecular formula is C51H29F3N4. The molecule has 0 fully saturated rings. The van der Waals surface area contributed by atoms with Crippen LogP contribution in [-0.4, -0.2) is 9.13 Å². The Bertz CT molecular complexity index is 3340. The highest BCUT2D eigenvalue weighted by molar-refractivity contribution is 6.12. The summed E-state index contributed by atoms with van der Waals surface area (Å²) >= 11 is 0. The fourth-order valence-electron chi connectivity index (χ4n) is 8.42. The molecule has 0 radical (unpaired) electrons. The summed E-state index contributed by atoms with van der Waals surface area (Å²) in [5.74, 6) is 0. The van der Waals surface area contributed by atoms with Crippen molar-refractivity contribution in [3.8, 4) is 56.9 Å². The molecule has 274 valence electrons. The zero-order valence-corrected chi connectivity index (χ0v) is 30.7. The van der Waals surface area contributed by atoms with Crippen LogP contribution in [0.5, 0.6) is 0 Å². The predicted octanol–water partition coefficient (Wildman–Crippen LogP) is 13.6. The van der Waals surface area contributed by atoms with Crippen molar-refractivity contribution in [2.45, 2.75) is 6.18 Å². The molecule has 10 rings (SSSR count). The van der Waals surface area contributed by atoms with Gasteiger partial charge in [0, 0.05) is 27.1 Å². The normalized spacial score (nSPS) is 11.7. The van der Waals surface area contributed by atoms with Gasteiger partial charge in [-0.05, 0) is 76.3 Å². The minimum Gasteiger partial charge on any atom is -0.309 e. The SMILES string of the molecule is N#Cc1ccc(-c2cc(-n3c4ccccc4c4ccc(-c5ccccc5)cc43)c(C#N)cc2-n2c3ccccc3c3ccc(-c4ccccc4)cc32)c(C(F)(F)F)c1. The lowest BCUT2D eigenvalue weighted by molar-refractivity contribution is -0.137. The maximum absolute atomic E-state index is 15.2. The largest absolute Gasteiger partial charge is 0.417 e. The van der Waals surface area contributed by atoms with Crippen molar-refractivity contribution in [1.29, 1.82) is 10.5 Å². The molecule has 0 atom stereocenters. The first-order valence-corrected chi connectivity index (χ1v) is 18.7. The number of nitrogens with zero attached hydrogens (tertiary/aromatic N) is 4. The molecule has 0 unspecified atom stereocenters. The summed E-state index contributed by atoms with van der Waals surface area (Å²) in [7, 11) is 0. The van der Waals surface area contributed by atoms with E-state index in [0.717, 1.165) is 71.9 Å². The molecule has 4 nitrogen and oxygen atoms in total. The molecule has 0 aliphatic heterocycles. The second-order valence-electron chi connectivity index (χ2n) is 14.3. The second-order valence-corrected chi connectivity index (χ2v) is 14.3. The van der Waals surface area contributed by atoms with Crippen molar-refractivity contribution in [2.24, 2.45) is 0 Å². The van der Waals surface area contributed by atoms with Gasteiger partial charge < -0.3 is 9.13 Å². The Hall–Kier alpha value is -7.87. The molecule has 58 heavy (non-hydrogen) atoms. The molecule has 8 aromatic carbocycles. The molecule has 7 heteroatoms. The van der Waals surface area contributed by atoms with E-state index in [4.69, 9.17) is 0 Å². The predicted molar refractivity (Wildman–Crippen MR) is 226 cm³/mol. The molecule has 0 spiro atoms. The van der Waals surface area contributed by atoms with Gasteiger partial charge in [0.1, 0.15) is 6.07 Å². The zero-order valence-electron chi connectivity index (χ0n) is 30.7.